The van der Waals surface area contributed by atoms with Gasteiger partial charge in [0.2, 0.25) is 5.60 Å². The van der Waals surface area contributed by atoms with E-state index in [2.05, 4.69) is 95.3 Å². The average molecular weight is 503 g/mol. The monoisotopic (exact) mass is 503 g/mol. The molecule has 0 spiro atoms. The second-order valence-corrected chi connectivity index (χ2v) is 12.8. The summed E-state index contributed by atoms with van der Waals surface area (Å²) in [4.78, 5) is 0. The van der Waals surface area contributed by atoms with Crippen molar-refractivity contribution in [2.75, 3.05) is 0 Å². The number of benzene rings is 5. The van der Waals surface area contributed by atoms with E-state index in [4.69, 9.17) is 18.6 Å². The molecule has 0 amide bonds. The van der Waals surface area contributed by atoms with Gasteiger partial charge >= 0.3 is 14.2 Å². The first-order valence-corrected chi connectivity index (χ1v) is 13.5. The van der Waals surface area contributed by atoms with Crippen LogP contribution in [0.1, 0.15) is 48.5 Å². The molecular weight excluding hydrogens is 470 g/mol. The zero-order chi connectivity index (χ0) is 26.8. The SMILES string of the molecule is [CH2+]C1(C)OB(c2ccc3c4cccc5c(B6OC(C)(C)C(C)(C)O6)ccc(c6cccc2c36)c54)OC1(C)C. The van der Waals surface area contributed by atoms with E-state index >= 15 is 0 Å². The quantitative estimate of drug-likeness (QED) is 0.125. The van der Waals surface area contributed by atoms with E-state index in [9.17, 15) is 0 Å². The van der Waals surface area contributed by atoms with Crippen molar-refractivity contribution in [3.63, 3.8) is 0 Å². The van der Waals surface area contributed by atoms with E-state index in [-0.39, 0.29) is 0 Å². The summed E-state index contributed by atoms with van der Waals surface area (Å²) < 4.78 is 25.7. The van der Waals surface area contributed by atoms with Gasteiger partial charge in [-0.3, -0.25) is 0 Å². The van der Waals surface area contributed by atoms with Gasteiger partial charge in [-0.05, 0) is 95.6 Å². The normalized spacial score (nSPS) is 24.5. The van der Waals surface area contributed by atoms with Gasteiger partial charge < -0.3 is 18.6 Å². The molecule has 0 N–H and O–H groups in total. The molecule has 38 heavy (non-hydrogen) atoms. The Morgan fingerprint density at radius 1 is 0.474 bits per heavy atom. The molecule has 190 valence electrons. The van der Waals surface area contributed by atoms with Gasteiger partial charge in [0.15, 0.2) is 0 Å². The van der Waals surface area contributed by atoms with E-state index in [1.54, 1.807) is 0 Å². The largest absolute Gasteiger partial charge is 0.498 e. The first-order chi connectivity index (χ1) is 17.8. The summed E-state index contributed by atoms with van der Waals surface area (Å²) in [6, 6.07) is 21.9. The van der Waals surface area contributed by atoms with Gasteiger partial charge in [-0.15, -0.1) is 0 Å². The van der Waals surface area contributed by atoms with Crippen LogP contribution in [0.3, 0.4) is 0 Å². The van der Waals surface area contributed by atoms with E-state index in [1.165, 1.54) is 37.7 Å². The standard InChI is InChI=1S/C32H33B2O4/c1-29(2)30(3,4)36-33(35-29)25-17-15-21-20-12-10-14-24-26(34-37-31(5,6)32(7,8)38-34)18-16-22(28(20)24)19-11-9-13-23(25)27(19)21/h9-18H,1H2,2-8H3/q+1. The molecule has 4 nitrogen and oxygen atoms in total. The molecular formula is C32H33B2O4+. The van der Waals surface area contributed by atoms with Crippen molar-refractivity contribution in [3.05, 3.63) is 67.6 Å². The lowest BCUT2D eigenvalue weighted by atomic mass is 9.72. The van der Waals surface area contributed by atoms with Crippen molar-refractivity contribution in [1.29, 1.82) is 0 Å². The molecule has 2 aliphatic rings. The lowest BCUT2D eigenvalue weighted by Gasteiger charge is -2.32. The third kappa shape index (κ3) is 3.12. The van der Waals surface area contributed by atoms with Gasteiger partial charge in [0, 0.05) is 6.92 Å². The van der Waals surface area contributed by atoms with Gasteiger partial charge in [0.05, 0.1) is 18.1 Å². The molecule has 2 heterocycles. The van der Waals surface area contributed by atoms with Gasteiger partial charge in [-0.1, -0.05) is 60.7 Å². The average Bonchev–Trinajstić information content (AvgIpc) is 3.20. The number of rotatable bonds is 2. The first-order valence-electron chi connectivity index (χ1n) is 13.5. The molecule has 0 saturated carbocycles. The highest BCUT2D eigenvalue weighted by molar-refractivity contribution is 6.67. The van der Waals surface area contributed by atoms with Crippen LogP contribution in [0.25, 0.3) is 43.1 Å². The maximum Gasteiger partial charge on any atom is 0.498 e. The van der Waals surface area contributed by atoms with Gasteiger partial charge in [-0.25, -0.2) is 0 Å². The molecule has 1 atom stereocenters. The molecule has 0 aromatic heterocycles. The van der Waals surface area contributed by atoms with Crippen LogP contribution in [0.4, 0.5) is 0 Å². The molecule has 7 rings (SSSR count). The third-order valence-corrected chi connectivity index (χ3v) is 9.53. The van der Waals surface area contributed by atoms with Crippen LogP contribution in [0, 0.1) is 6.92 Å². The summed E-state index contributed by atoms with van der Waals surface area (Å²) in [5, 5.41) is 9.68. The predicted octanol–water partition coefficient (Wildman–Crippen LogP) is 6.15. The Hall–Kier alpha value is -2.76. The summed E-state index contributed by atoms with van der Waals surface area (Å²) in [6.07, 6.45) is 0. The minimum Gasteiger partial charge on any atom is -0.399 e. The molecule has 6 heteroatoms. The first kappa shape index (κ1) is 24.3. The predicted molar refractivity (Wildman–Crippen MR) is 159 cm³/mol. The Morgan fingerprint density at radius 2 is 0.842 bits per heavy atom. The molecule has 0 radical (unpaired) electrons. The van der Waals surface area contributed by atoms with Crippen LogP contribution in [-0.2, 0) is 18.6 Å². The number of fused-ring (bicyclic) bond motifs is 2. The Morgan fingerprint density at radius 3 is 1.26 bits per heavy atom. The minimum absolute atomic E-state index is 0.394. The van der Waals surface area contributed by atoms with Crippen molar-refractivity contribution in [3.8, 4) is 0 Å². The van der Waals surface area contributed by atoms with Crippen LogP contribution in [0.5, 0.6) is 0 Å². The smallest absolute Gasteiger partial charge is 0.399 e. The highest BCUT2D eigenvalue weighted by Gasteiger charge is 2.57. The maximum absolute atomic E-state index is 6.47. The molecule has 5 aromatic rings. The summed E-state index contributed by atoms with van der Waals surface area (Å²) in [5.41, 5.74) is 0.180. The molecule has 2 saturated heterocycles. The minimum atomic E-state index is -0.639. The zero-order valence-corrected chi connectivity index (χ0v) is 23.3. The molecule has 0 bridgehead atoms. The van der Waals surface area contributed by atoms with Gasteiger partial charge in [0.1, 0.15) is 5.60 Å². The molecule has 1 unspecified atom stereocenters. The highest BCUT2D eigenvalue weighted by atomic mass is 16.7. The van der Waals surface area contributed by atoms with Gasteiger partial charge in [-0.2, -0.15) is 0 Å². The topological polar surface area (TPSA) is 36.9 Å². The summed E-state index contributed by atoms with van der Waals surface area (Å²) in [6.45, 7) is 18.8. The van der Waals surface area contributed by atoms with Crippen molar-refractivity contribution in [2.24, 2.45) is 0 Å². The number of hydrogen-bond donors (Lipinski definition) is 0. The summed E-state index contributed by atoms with van der Waals surface area (Å²) in [7, 11) is -0.888. The lowest BCUT2D eigenvalue weighted by molar-refractivity contribution is 0.00578. The lowest BCUT2D eigenvalue weighted by Crippen LogP contribution is -2.42. The van der Waals surface area contributed by atoms with E-state index in [1.807, 2.05) is 20.8 Å². The summed E-state index contributed by atoms with van der Waals surface area (Å²) in [5.74, 6) is 0. The van der Waals surface area contributed by atoms with Crippen LogP contribution in [-0.4, -0.2) is 36.6 Å². The van der Waals surface area contributed by atoms with Gasteiger partial charge in [0.25, 0.3) is 0 Å². The van der Waals surface area contributed by atoms with Crippen molar-refractivity contribution in [2.45, 2.75) is 70.9 Å². The van der Waals surface area contributed by atoms with Crippen LogP contribution in [0.2, 0.25) is 0 Å². The van der Waals surface area contributed by atoms with E-state index < -0.39 is 36.6 Å². The fourth-order valence-electron chi connectivity index (χ4n) is 6.06. The Bertz CT molecular complexity index is 1570. The van der Waals surface area contributed by atoms with Crippen molar-refractivity contribution in [1.82, 2.24) is 0 Å². The Balaban J connectivity index is 1.47. The van der Waals surface area contributed by atoms with Crippen LogP contribution in [0.15, 0.2) is 60.7 Å². The van der Waals surface area contributed by atoms with E-state index in [0.29, 0.717) is 0 Å². The third-order valence-electron chi connectivity index (χ3n) is 9.53. The molecule has 2 aliphatic heterocycles. The zero-order valence-electron chi connectivity index (χ0n) is 23.3. The second-order valence-electron chi connectivity index (χ2n) is 12.8. The fourth-order valence-corrected chi connectivity index (χ4v) is 6.06. The second kappa shape index (κ2) is 7.45. The highest BCUT2D eigenvalue weighted by Crippen LogP contribution is 2.42. The fraction of sp³-hybridized carbons (Fsp3) is 0.344. The van der Waals surface area contributed by atoms with E-state index in [0.717, 1.165) is 16.3 Å². The Kier molecular flexibility index (Phi) is 4.77. The maximum atomic E-state index is 6.47. The van der Waals surface area contributed by atoms with Crippen LogP contribution < -0.4 is 10.9 Å². The van der Waals surface area contributed by atoms with Crippen LogP contribution >= 0.6 is 0 Å². The van der Waals surface area contributed by atoms with Crippen molar-refractivity contribution >= 4 is 68.3 Å². The molecule has 2 fully saturated rings. The summed E-state index contributed by atoms with van der Waals surface area (Å²) >= 11 is 0. The molecule has 5 aromatic carbocycles. The Labute approximate surface area is 225 Å². The van der Waals surface area contributed by atoms with Crippen molar-refractivity contribution < 1.29 is 18.6 Å². The molecule has 0 aliphatic carbocycles. The number of hydrogen-bond acceptors (Lipinski definition) is 4.